The highest BCUT2D eigenvalue weighted by Gasteiger charge is 2.10. The van der Waals surface area contributed by atoms with Gasteiger partial charge in [-0.05, 0) is 6.92 Å². The van der Waals surface area contributed by atoms with E-state index in [4.69, 9.17) is 0 Å². The lowest BCUT2D eigenvalue weighted by Crippen LogP contribution is -2.13. The largest absolute Gasteiger partial charge is 0.301 e. The molecule has 22 heavy (non-hydrogen) atoms. The number of amides is 1. The van der Waals surface area contributed by atoms with E-state index in [1.807, 2.05) is 42.6 Å². The Morgan fingerprint density at radius 2 is 2.14 bits per heavy atom. The van der Waals surface area contributed by atoms with Crippen LogP contribution in [0.15, 0.2) is 40.9 Å². The number of hydrogen-bond donors (Lipinski definition) is 2. The third-order valence-corrected chi connectivity index (χ3v) is 4.33. The van der Waals surface area contributed by atoms with Crippen LogP contribution in [0.25, 0.3) is 11.3 Å². The molecule has 0 fully saturated rings. The lowest BCUT2D eigenvalue weighted by molar-refractivity contribution is -0.113. The molecule has 2 aromatic heterocycles. The molecule has 112 valence electrons. The monoisotopic (exact) mass is 331 g/mol. The summed E-state index contributed by atoms with van der Waals surface area (Å²) in [6.07, 6.45) is 0. The topological polar surface area (TPSA) is 83.6 Å². The fourth-order valence-electron chi connectivity index (χ4n) is 1.74. The molecule has 0 saturated carbocycles. The number of hydrogen-bond acceptors (Lipinski definition) is 6. The van der Waals surface area contributed by atoms with E-state index in [-0.39, 0.29) is 11.7 Å². The van der Waals surface area contributed by atoms with Gasteiger partial charge in [-0.1, -0.05) is 42.1 Å². The molecule has 0 radical (unpaired) electrons. The fraction of sp³-hybridized carbons (Fsp3) is 0.143. The van der Waals surface area contributed by atoms with E-state index in [1.165, 1.54) is 23.1 Å². The number of rotatable bonds is 5. The highest BCUT2D eigenvalue weighted by molar-refractivity contribution is 7.99. The minimum atomic E-state index is -0.124. The minimum Gasteiger partial charge on any atom is -0.301 e. The molecule has 0 aliphatic rings. The molecule has 0 saturated heterocycles. The molecule has 0 atom stereocenters. The van der Waals surface area contributed by atoms with Crippen molar-refractivity contribution in [2.45, 2.75) is 12.1 Å². The molecule has 0 unspecified atom stereocenters. The van der Waals surface area contributed by atoms with Crippen LogP contribution in [0.3, 0.4) is 0 Å². The van der Waals surface area contributed by atoms with Crippen molar-refractivity contribution in [1.29, 1.82) is 0 Å². The Morgan fingerprint density at radius 1 is 1.32 bits per heavy atom. The molecule has 8 heteroatoms. The van der Waals surface area contributed by atoms with Crippen LogP contribution in [0.2, 0.25) is 0 Å². The van der Waals surface area contributed by atoms with Gasteiger partial charge in [0.1, 0.15) is 5.82 Å². The van der Waals surface area contributed by atoms with Gasteiger partial charge in [0, 0.05) is 10.9 Å². The summed E-state index contributed by atoms with van der Waals surface area (Å²) in [5.41, 5.74) is 1.89. The maximum absolute atomic E-state index is 11.9. The fourth-order valence-corrected chi connectivity index (χ4v) is 3.12. The van der Waals surface area contributed by atoms with Gasteiger partial charge in [0.15, 0.2) is 5.13 Å². The van der Waals surface area contributed by atoms with E-state index in [0.717, 1.165) is 17.1 Å². The summed E-state index contributed by atoms with van der Waals surface area (Å²) in [6, 6.07) is 9.86. The number of aromatic amines is 1. The van der Waals surface area contributed by atoms with Crippen LogP contribution in [-0.4, -0.2) is 31.8 Å². The Bertz CT molecular complexity index is 768. The molecule has 1 aromatic carbocycles. The van der Waals surface area contributed by atoms with Gasteiger partial charge in [0.2, 0.25) is 11.1 Å². The third kappa shape index (κ3) is 3.71. The summed E-state index contributed by atoms with van der Waals surface area (Å²) in [6.45, 7) is 1.82. The van der Waals surface area contributed by atoms with E-state index >= 15 is 0 Å². The van der Waals surface area contributed by atoms with Gasteiger partial charge in [-0.15, -0.1) is 16.4 Å². The molecular weight excluding hydrogens is 318 g/mol. The number of aryl methyl sites for hydroxylation is 1. The number of thiazole rings is 1. The summed E-state index contributed by atoms with van der Waals surface area (Å²) in [7, 11) is 0. The molecule has 3 aromatic rings. The van der Waals surface area contributed by atoms with Crippen molar-refractivity contribution < 1.29 is 4.79 Å². The average molecular weight is 331 g/mol. The highest BCUT2D eigenvalue weighted by atomic mass is 32.2. The number of H-pyrrole nitrogens is 1. The van der Waals surface area contributed by atoms with Crippen molar-refractivity contribution in [2.75, 3.05) is 11.1 Å². The van der Waals surface area contributed by atoms with E-state index in [9.17, 15) is 4.79 Å². The SMILES string of the molecule is Cc1nc(SCC(=O)Nc2nc(-c3ccccc3)cs2)n[nH]1. The van der Waals surface area contributed by atoms with Crippen LogP contribution in [0.5, 0.6) is 0 Å². The molecule has 0 aliphatic heterocycles. The van der Waals surface area contributed by atoms with Crippen molar-refractivity contribution in [1.82, 2.24) is 20.2 Å². The quantitative estimate of drug-likeness (QED) is 0.702. The van der Waals surface area contributed by atoms with Gasteiger partial charge < -0.3 is 5.32 Å². The average Bonchev–Trinajstić information content (AvgIpc) is 3.15. The normalized spacial score (nSPS) is 10.6. The summed E-state index contributed by atoms with van der Waals surface area (Å²) in [5, 5.41) is 12.6. The van der Waals surface area contributed by atoms with Crippen molar-refractivity contribution in [3.63, 3.8) is 0 Å². The predicted octanol–water partition coefficient (Wildman–Crippen LogP) is 2.97. The first-order valence-electron chi connectivity index (χ1n) is 6.53. The van der Waals surface area contributed by atoms with Gasteiger partial charge in [-0.25, -0.2) is 9.97 Å². The number of anilines is 1. The minimum absolute atomic E-state index is 0.124. The maximum atomic E-state index is 11.9. The number of aromatic nitrogens is 4. The smallest absolute Gasteiger partial charge is 0.236 e. The molecule has 1 amide bonds. The number of benzene rings is 1. The number of nitrogens with one attached hydrogen (secondary N) is 2. The Labute approximate surface area is 135 Å². The number of carbonyl (C=O) groups excluding carboxylic acids is 1. The first-order valence-corrected chi connectivity index (χ1v) is 8.40. The second-order valence-corrected chi connectivity index (χ2v) is 6.24. The second kappa shape index (κ2) is 6.71. The first kappa shape index (κ1) is 14.7. The van der Waals surface area contributed by atoms with E-state index in [0.29, 0.717) is 10.3 Å². The van der Waals surface area contributed by atoms with Crippen LogP contribution in [0, 0.1) is 6.92 Å². The standard InChI is InChI=1S/C14H13N5OS2/c1-9-15-14(19-18-9)22-8-12(20)17-13-16-11(7-21-13)10-5-3-2-4-6-10/h2-7H,8H2,1H3,(H,15,18,19)(H,16,17,20). The van der Waals surface area contributed by atoms with Crippen LogP contribution in [0.4, 0.5) is 5.13 Å². The highest BCUT2D eigenvalue weighted by Crippen LogP contribution is 2.24. The van der Waals surface area contributed by atoms with Crippen molar-refractivity contribution in [3.05, 3.63) is 41.5 Å². The van der Waals surface area contributed by atoms with E-state index < -0.39 is 0 Å². The summed E-state index contributed by atoms with van der Waals surface area (Å²) in [4.78, 5) is 20.5. The maximum Gasteiger partial charge on any atom is 0.236 e. The Balaban J connectivity index is 1.57. The summed E-state index contributed by atoms with van der Waals surface area (Å²) >= 11 is 2.69. The molecule has 0 bridgehead atoms. The predicted molar refractivity (Wildman–Crippen MR) is 88.0 cm³/mol. The zero-order valence-corrected chi connectivity index (χ0v) is 13.4. The van der Waals surface area contributed by atoms with Gasteiger partial charge in [0.25, 0.3) is 0 Å². The Morgan fingerprint density at radius 3 is 2.86 bits per heavy atom. The Hall–Kier alpha value is -2.19. The molecule has 0 spiro atoms. The van der Waals surface area contributed by atoms with E-state index in [2.05, 4.69) is 25.5 Å². The summed E-state index contributed by atoms with van der Waals surface area (Å²) in [5.74, 6) is 0.856. The molecular formula is C14H13N5OS2. The molecule has 3 rings (SSSR count). The zero-order chi connectivity index (χ0) is 15.4. The van der Waals surface area contributed by atoms with Crippen LogP contribution >= 0.6 is 23.1 Å². The molecule has 0 aliphatic carbocycles. The van der Waals surface area contributed by atoms with Crippen molar-refractivity contribution >= 4 is 34.1 Å². The first-order chi connectivity index (χ1) is 10.7. The van der Waals surface area contributed by atoms with Crippen molar-refractivity contribution in [2.24, 2.45) is 0 Å². The lowest BCUT2D eigenvalue weighted by atomic mass is 10.2. The molecule has 6 nitrogen and oxygen atoms in total. The molecule has 2 heterocycles. The van der Waals surface area contributed by atoms with Gasteiger partial charge in [-0.3, -0.25) is 9.89 Å². The van der Waals surface area contributed by atoms with Gasteiger partial charge >= 0.3 is 0 Å². The lowest BCUT2D eigenvalue weighted by Gasteiger charge is -1.99. The summed E-state index contributed by atoms with van der Waals surface area (Å²) < 4.78 is 0. The van der Waals surface area contributed by atoms with Crippen LogP contribution < -0.4 is 5.32 Å². The molecule has 2 N–H and O–H groups in total. The van der Waals surface area contributed by atoms with Gasteiger partial charge in [-0.2, -0.15) is 0 Å². The van der Waals surface area contributed by atoms with Gasteiger partial charge in [0.05, 0.1) is 11.4 Å². The number of nitrogens with zero attached hydrogens (tertiary/aromatic N) is 3. The van der Waals surface area contributed by atoms with Crippen molar-refractivity contribution in [3.8, 4) is 11.3 Å². The second-order valence-electron chi connectivity index (χ2n) is 4.44. The number of carbonyl (C=O) groups is 1. The zero-order valence-electron chi connectivity index (χ0n) is 11.7. The van der Waals surface area contributed by atoms with E-state index in [1.54, 1.807) is 0 Å². The number of thioether (sulfide) groups is 1. The van der Waals surface area contributed by atoms with Crippen LogP contribution in [-0.2, 0) is 4.79 Å². The van der Waals surface area contributed by atoms with Crippen LogP contribution in [0.1, 0.15) is 5.82 Å². The Kier molecular flexibility index (Phi) is 4.50. The third-order valence-electron chi connectivity index (χ3n) is 2.73.